The summed E-state index contributed by atoms with van der Waals surface area (Å²) < 4.78 is 6.52. The number of benzene rings is 1. The second-order valence-corrected chi connectivity index (χ2v) is 6.43. The average molecular weight is 314 g/mol. The normalized spacial score (nSPS) is 16.5. The quantitative estimate of drug-likeness (QED) is 0.931. The van der Waals surface area contributed by atoms with Gasteiger partial charge < -0.3 is 9.84 Å². The van der Waals surface area contributed by atoms with E-state index in [1.807, 2.05) is 19.9 Å². The van der Waals surface area contributed by atoms with Crippen LogP contribution in [0.2, 0.25) is 0 Å². The minimum Gasteiger partial charge on any atom is -0.496 e. The van der Waals surface area contributed by atoms with Gasteiger partial charge in [-0.05, 0) is 38.0 Å². The maximum atomic E-state index is 9.91. The van der Waals surface area contributed by atoms with Gasteiger partial charge in [0.15, 0.2) is 0 Å². The molecule has 18 heavy (non-hydrogen) atoms. The van der Waals surface area contributed by atoms with Gasteiger partial charge in [0.25, 0.3) is 0 Å². The summed E-state index contributed by atoms with van der Waals surface area (Å²) in [5.41, 5.74) is 1.93. The molecule has 100 valence electrons. The molecule has 1 N–H and O–H groups in total. The molecule has 0 saturated heterocycles. The van der Waals surface area contributed by atoms with Crippen LogP contribution in [0.1, 0.15) is 25.0 Å². The summed E-state index contributed by atoms with van der Waals surface area (Å²) in [5.74, 6) is 0.930. The first-order valence-corrected chi connectivity index (χ1v) is 6.98. The molecule has 4 heteroatoms. The third-order valence-corrected chi connectivity index (χ3v) is 3.63. The largest absolute Gasteiger partial charge is 0.496 e. The first-order valence-electron chi connectivity index (χ1n) is 6.19. The predicted octanol–water partition coefficient (Wildman–Crippen LogP) is 2.59. The van der Waals surface area contributed by atoms with Crippen LogP contribution in [0.5, 0.6) is 5.75 Å². The highest BCUT2D eigenvalue weighted by molar-refractivity contribution is 9.10. The van der Waals surface area contributed by atoms with Crippen LogP contribution in [0.25, 0.3) is 0 Å². The Balaban J connectivity index is 2.23. The van der Waals surface area contributed by atoms with Crippen LogP contribution < -0.4 is 4.74 Å². The zero-order chi connectivity index (χ0) is 13.3. The molecular weight excluding hydrogens is 294 g/mol. The maximum absolute atomic E-state index is 9.91. The van der Waals surface area contributed by atoms with Gasteiger partial charge in [-0.3, -0.25) is 4.90 Å². The Kier molecular flexibility index (Phi) is 3.99. The molecule has 0 bridgehead atoms. The highest BCUT2D eigenvalue weighted by Gasteiger charge is 2.24. The highest BCUT2D eigenvalue weighted by Crippen LogP contribution is 2.32. The van der Waals surface area contributed by atoms with E-state index in [0.717, 1.165) is 29.7 Å². The second kappa shape index (κ2) is 5.19. The highest BCUT2D eigenvalue weighted by atomic mass is 79.9. The molecule has 1 aliphatic rings. The number of ether oxygens (including phenoxy) is 1. The molecule has 0 atom stereocenters. The number of aliphatic hydroxyl groups is 1. The standard InChI is InChI=1S/C14H20BrNO2/c1-14(2,17)9-16-5-4-10-6-11(15)7-13(18-3)12(10)8-16/h6-7,17H,4-5,8-9H2,1-3H3. The van der Waals surface area contributed by atoms with Crippen molar-refractivity contribution in [3.63, 3.8) is 0 Å². The van der Waals surface area contributed by atoms with E-state index in [-0.39, 0.29) is 0 Å². The number of fused-ring (bicyclic) bond motifs is 1. The molecule has 0 aliphatic carbocycles. The van der Waals surface area contributed by atoms with E-state index in [1.54, 1.807) is 7.11 Å². The van der Waals surface area contributed by atoms with Crippen LogP contribution in [-0.2, 0) is 13.0 Å². The SMILES string of the molecule is COc1cc(Br)cc2c1CN(CC(C)(C)O)CC2. The van der Waals surface area contributed by atoms with Gasteiger partial charge in [-0.2, -0.15) is 0 Å². The lowest BCUT2D eigenvalue weighted by atomic mass is 9.97. The summed E-state index contributed by atoms with van der Waals surface area (Å²) in [6, 6.07) is 4.17. The van der Waals surface area contributed by atoms with Gasteiger partial charge >= 0.3 is 0 Å². The van der Waals surface area contributed by atoms with E-state index < -0.39 is 5.60 Å². The Morgan fingerprint density at radius 3 is 2.78 bits per heavy atom. The topological polar surface area (TPSA) is 32.7 Å². The van der Waals surface area contributed by atoms with Gasteiger partial charge in [-0.1, -0.05) is 15.9 Å². The Labute approximate surface area is 117 Å². The lowest BCUT2D eigenvalue weighted by Gasteiger charge is -2.33. The smallest absolute Gasteiger partial charge is 0.124 e. The van der Waals surface area contributed by atoms with Crippen molar-refractivity contribution in [2.75, 3.05) is 20.2 Å². The minimum atomic E-state index is -0.653. The third kappa shape index (κ3) is 3.25. The Bertz CT molecular complexity index is 423. The van der Waals surface area contributed by atoms with Gasteiger partial charge in [0.05, 0.1) is 12.7 Å². The molecular formula is C14H20BrNO2. The summed E-state index contributed by atoms with van der Waals surface area (Å²) in [4.78, 5) is 2.28. The molecule has 2 rings (SSSR count). The molecule has 1 aromatic rings. The van der Waals surface area contributed by atoms with Crippen molar-refractivity contribution in [3.05, 3.63) is 27.7 Å². The molecule has 0 aromatic heterocycles. The molecule has 0 fully saturated rings. The van der Waals surface area contributed by atoms with Gasteiger partial charge in [-0.15, -0.1) is 0 Å². The van der Waals surface area contributed by atoms with Gasteiger partial charge in [-0.25, -0.2) is 0 Å². The molecule has 1 aromatic carbocycles. The molecule has 1 heterocycles. The van der Waals surface area contributed by atoms with E-state index in [4.69, 9.17) is 4.74 Å². The van der Waals surface area contributed by atoms with Crippen LogP contribution >= 0.6 is 15.9 Å². The Hall–Kier alpha value is -0.580. The van der Waals surface area contributed by atoms with Crippen LogP contribution in [0, 0.1) is 0 Å². The number of nitrogens with zero attached hydrogens (tertiary/aromatic N) is 1. The van der Waals surface area contributed by atoms with Gasteiger partial charge in [0.1, 0.15) is 5.75 Å². The van der Waals surface area contributed by atoms with Crippen molar-refractivity contribution < 1.29 is 9.84 Å². The van der Waals surface area contributed by atoms with Crippen molar-refractivity contribution in [1.29, 1.82) is 0 Å². The van der Waals surface area contributed by atoms with Gasteiger partial charge in [0, 0.05) is 29.7 Å². The molecule has 1 aliphatic heterocycles. The first kappa shape index (κ1) is 13.8. The fourth-order valence-electron chi connectivity index (χ4n) is 2.51. The maximum Gasteiger partial charge on any atom is 0.124 e. The van der Waals surface area contributed by atoms with E-state index in [0.29, 0.717) is 6.54 Å². The summed E-state index contributed by atoms with van der Waals surface area (Å²) in [5, 5.41) is 9.91. The van der Waals surface area contributed by atoms with Crippen molar-refractivity contribution in [3.8, 4) is 5.75 Å². The number of hydrogen-bond donors (Lipinski definition) is 1. The summed E-state index contributed by atoms with van der Waals surface area (Å²) in [6.07, 6.45) is 1.00. The van der Waals surface area contributed by atoms with E-state index in [2.05, 4.69) is 26.9 Å². The van der Waals surface area contributed by atoms with E-state index >= 15 is 0 Å². The van der Waals surface area contributed by atoms with Gasteiger partial charge in [0.2, 0.25) is 0 Å². The van der Waals surface area contributed by atoms with Crippen molar-refractivity contribution in [1.82, 2.24) is 4.90 Å². The Morgan fingerprint density at radius 2 is 2.17 bits per heavy atom. The number of β-amino-alcohol motifs (C(OH)–C–C–N with tert-alkyl or cyclic N) is 1. The zero-order valence-corrected chi connectivity index (χ0v) is 12.7. The van der Waals surface area contributed by atoms with Crippen LogP contribution in [0.4, 0.5) is 0 Å². The molecule has 0 radical (unpaired) electrons. The molecule has 0 spiro atoms. The number of halogens is 1. The van der Waals surface area contributed by atoms with Crippen LogP contribution in [0.15, 0.2) is 16.6 Å². The van der Waals surface area contributed by atoms with Crippen molar-refractivity contribution >= 4 is 15.9 Å². The first-order chi connectivity index (χ1) is 8.39. The molecule has 0 amide bonds. The predicted molar refractivity (Wildman–Crippen MR) is 76.0 cm³/mol. The molecule has 0 saturated carbocycles. The lowest BCUT2D eigenvalue weighted by Crippen LogP contribution is -2.41. The number of rotatable bonds is 3. The average Bonchev–Trinajstić information content (AvgIpc) is 2.26. The van der Waals surface area contributed by atoms with Crippen molar-refractivity contribution in [2.24, 2.45) is 0 Å². The fraction of sp³-hybridized carbons (Fsp3) is 0.571. The minimum absolute atomic E-state index is 0.653. The second-order valence-electron chi connectivity index (χ2n) is 5.52. The van der Waals surface area contributed by atoms with Crippen LogP contribution in [0.3, 0.4) is 0 Å². The van der Waals surface area contributed by atoms with Crippen molar-refractivity contribution in [2.45, 2.75) is 32.4 Å². The number of methoxy groups -OCH3 is 1. The third-order valence-electron chi connectivity index (χ3n) is 3.18. The summed E-state index contributed by atoms with van der Waals surface area (Å²) >= 11 is 3.51. The van der Waals surface area contributed by atoms with Crippen LogP contribution in [-0.4, -0.2) is 35.8 Å². The lowest BCUT2D eigenvalue weighted by molar-refractivity contribution is 0.0314. The molecule has 0 unspecified atom stereocenters. The number of hydrogen-bond acceptors (Lipinski definition) is 3. The van der Waals surface area contributed by atoms with E-state index in [1.165, 1.54) is 11.1 Å². The zero-order valence-electron chi connectivity index (χ0n) is 11.2. The summed E-state index contributed by atoms with van der Waals surface area (Å²) in [6.45, 7) is 6.21. The Morgan fingerprint density at radius 1 is 1.44 bits per heavy atom. The van der Waals surface area contributed by atoms with E-state index in [9.17, 15) is 5.11 Å². The molecule has 3 nitrogen and oxygen atoms in total. The fourth-order valence-corrected chi connectivity index (χ4v) is 3.00. The monoisotopic (exact) mass is 313 g/mol. The summed E-state index contributed by atoms with van der Waals surface area (Å²) in [7, 11) is 1.71.